The number of rotatable bonds is 3. The van der Waals surface area contributed by atoms with Crippen molar-refractivity contribution in [1.82, 2.24) is 10.1 Å². The second-order valence-electron chi connectivity index (χ2n) is 4.09. The molecule has 82 valence electrons. The van der Waals surface area contributed by atoms with Gasteiger partial charge in [-0.15, -0.1) is 0 Å². The second kappa shape index (κ2) is 4.01. The maximum Gasteiger partial charge on any atom is 0.231 e. The number of benzene rings is 1. The van der Waals surface area contributed by atoms with Crippen molar-refractivity contribution in [1.29, 1.82) is 0 Å². The molecule has 4 heteroatoms. The van der Waals surface area contributed by atoms with Gasteiger partial charge in [-0.1, -0.05) is 39.3 Å². The topological polar surface area (TPSA) is 38.9 Å². The van der Waals surface area contributed by atoms with Crippen LogP contribution in [0.25, 0.3) is 0 Å². The standard InChI is InChI=1S/C12H11BrN2O/c13-10-4-2-1-3-9(10)7-11-14-12(15-16-11)8-5-6-8/h1-4,8H,5-7H2. The van der Waals surface area contributed by atoms with Gasteiger partial charge in [-0.25, -0.2) is 0 Å². The lowest BCUT2D eigenvalue weighted by atomic mass is 10.1. The van der Waals surface area contributed by atoms with Crippen molar-refractivity contribution < 1.29 is 4.52 Å². The summed E-state index contributed by atoms with van der Waals surface area (Å²) in [6, 6.07) is 8.09. The highest BCUT2D eigenvalue weighted by molar-refractivity contribution is 9.10. The van der Waals surface area contributed by atoms with Crippen molar-refractivity contribution in [3.05, 3.63) is 46.0 Å². The van der Waals surface area contributed by atoms with Crippen LogP contribution in [0, 0.1) is 0 Å². The van der Waals surface area contributed by atoms with E-state index >= 15 is 0 Å². The molecule has 0 unspecified atom stereocenters. The van der Waals surface area contributed by atoms with Crippen molar-refractivity contribution in [2.24, 2.45) is 0 Å². The first-order chi connectivity index (χ1) is 7.83. The van der Waals surface area contributed by atoms with Crippen molar-refractivity contribution in [2.45, 2.75) is 25.2 Å². The fraction of sp³-hybridized carbons (Fsp3) is 0.333. The van der Waals surface area contributed by atoms with Crippen molar-refractivity contribution in [3.63, 3.8) is 0 Å². The summed E-state index contributed by atoms with van der Waals surface area (Å²) in [5, 5.41) is 4.00. The Bertz CT molecular complexity index is 505. The van der Waals surface area contributed by atoms with E-state index in [4.69, 9.17) is 4.52 Å². The highest BCUT2D eigenvalue weighted by atomic mass is 79.9. The molecule has 0 amide bonds. The van der Waals surface area contributed by atoms with E-state index in [-0.39, 0.29) is 0 Å². The minimum Gasteiger partial charge on any atom is -0.339 e. The predicted octanol–water partition coefficient (Wildman–Crippen LogP) is 3.30. The molecular formula is C12H11BrN2O. The molecule has 3 rings (SSSR count). The minimum absolute atomic E-state index is 0.553. The van der Waals surface area contributed by atoms with Crippen LogP contribution in [-0.4, -0.2) is 10.1 Å². The van der Waals surface area contributed by atoms with Gasteiger partial charge in [-0.2, -0.15) is 4.98 Å². The van der Waals surface area contributed by atoms with Crippen LogP contribution in [0.1, 0.15) is 36.0 Å². The van der Waals surface area contributed by atoms with E-state index in [1.165, 1.54) is 18.4 Å². The van der Waals surface area contributed by atoms with E-state index in [0.717, 1.165) is 10.3 Å². The van der Waals surface area contributed by atoms with Crippen molar-refractivity contribution in [2.75, 3.05) is 0 Å². The van der Waals surface area contributed by atoms with Gasteiger partial charge in [0.05, 0.1) is 6.42 Å². The third kappa shape index (κ3) is 2.02. The van der Waals surface area contributed by atoms with Gasteiger partial charge >= 0.3 is 0 Å². The van der Waals surface area contributed by atoms with Crippen molar-refractivity contribution in [3.8, 4) is 0 Å². The van der Waals surface area contributed by atoms with E-state index in [2.05, 4.69) is 32.1 Å². The largest absolute Gasteiger partial charge is 0.339 e. The lowest BCUT2D eigenvalue weighted by molar-refractivity contribution is 0.379. The van der Waals surface area contributed by atoms with E-state index in [1.54, 1.807) is 0 Å². The first kappa shape index (κ1) is 10.0. The molecule has 1 aromatic heterocycles. The normalized spacial score (nSPS) is 15.3. The third-order valence-electron chi connectivity index (χ3n) is 2.73. The van der Waals surface area contributed by atoms with Crippen molar-refractivity contribution >= 4 is 15.9 Å². The molecule has 16 heavy (non-hydrogen) atoms. The molecule has 1 heterocycles. The van der Waals surface area contributed by atoms with E-state index in [1.807, 2.05) is 18.2 Å². The average Bonchev–Trinajstić information content (AvgIpc) is 3.03. The number of hydrogen-bond acceptors (Lipinski definition) is 3. The highest BCUT2D eigenvalue weighted by Crippen LogP contribution is 2.38. The summed E-state index contributed by atoms with van der Waals surface area (Å²) in [7, 11) is 0. The van der Waals surface area contributed by atoms with Crippen LogP contribution in [0.5, 0.6) is 0 Å². The molecular weight excluding hydrogens is 268 g/mol. The summed E-state index contributed by atoms with van der Waals surface area (Å²) in [5.41, 5.74) is 1.17. The first-order valence-electron chi connectivity index (χ1n) is 5.39. The van der Waals surface area contributed by atoms with Gasteiger partial charge in [0.15, 0.2) is 5.82 Å². The molecule has 2 aromatic rings. The Morgan fingerprint density at radius 2 is 2.12 bits per heavy atom. The minimum atomic E-state index is 0.553. The lowest BCUT2D eigenvalue weighted by Gasteiger charge is -1.99. The molecule has 1 fully saturated rings. The van der Waals surface area contributed by atoms with Gasteiger partial charge in [0.2, 0.25) is 5.89 Å². The molecule has 0 spiro atoms. The fourth-order valence-electron chi connectivity index (χ4n) is 1.65. The van der Waals surface area contributed by atoms with Crippen LogP contribution in [-0.2, 0) is 6.42 Å². The van der Waals surface area contributed by atoms with Crippen LogP contribution in [0.2, 0.25) is 0 Å². The predicted molar refractivity (Wildman–Crippen MR) is 63.2 cm³/mol. The first-order valence-corrected chi connectivity index (χ1v) is 6.18. The van der Waals surface area contributed by atoms with Gasteiger partial charge in [-0.05, 0) is 24.5 Å². The second-order valence-corrected chi connectivity index (χ2v) is 4.94. The molecule has 0 bridgehead atoms. The van der Waals surface area contributed by atoms with Crippen LogP contribution in [0.4, 0.5) is 0 Å². The zero-order valence-corrected chi connectivity index (χ0v) is 10.3. The molecule has 0 saturated heterocycles. The summed E-state index contributed by atoms with van der Waals surface area (Å²) in [5.74, 6) is 2.13. The quantitative estimate of drug-likeness (QED) is 0.865. The number of hydrogen-bond donors (Lipinski definition) is 0. The molecule has 3 nitrogen and oxygen atoms in total. The third-order valence-corrected chi connectivity index (χ3v) is 3.50. The molecule has 1 aliphatic carbocycles. The Labute approximate surface area is 102 Å². The highest BCUT2D eigenvalue weighted by Gasteiger charge is 2.28. The summed E-state index contributed by atoms with van der Waals surface area (Å²) in [6.45, 7) is 0. The Balaban J connectivity index is 1.80. The summed E-state index contributed by atoms with van der Waals surface area (Å²) >= 11 is 3.51. The Hall–Kier alpha value is -1.16. The zero-order valence-electron chi connectivity index (χ0n) is 8.69. The van der Waals surface area contributed by atoms with E-state index < -0.39 is 0 Å². The molecule has 1 aliphatic rings. The molecule has 1 aromatic carbocycles. The van der Waals surface area contributed by atoms with Gasteiger partial charge in [0, 0.05) is 10.4 Å². The van der Waals surface area contributed by atoms with E-state index in [0.29, 0.717) is 18.2 Å². The SMILES string of the molecule is Brc1ccccc1Cc1nc(C2CC2)no1. The van der Waals surface area contributed by atoms with Crippen LogP contribution >= 0.6 is 15.9 Å². The maximum atomic E-state index is 5.24. The summed E-state index contributed by atoms with van der Waals surface area (Å²) in [6.07, 6.45) is 3.10. The van der Waals surface area contributed by atoms with Gasteiger partial charge in [0.25, 0.3) is 0 Å². The Morgan fingerprint density at radius 1 is 1.31 bits per heavy atom. The van der Waals surface area contributed by atoms with Crippen LogP contribution in [0.15, 0.2) is 33.3 Å². The molecule has 0 aliphatic heterocycles. The van der Waals surface area contributed by atoms with Crippen LogP contribution < -0.4 is 0 Å². The Kier molecular flexibility index (Phi) is 2.52. The van der Waals surface area contributed by atoms with Gasteiger partial charge in [-0.3, -0.25) is 0 Å². The molecule has 0 N–H and O–H groups in total. The molecule has 1 saturated carbocycles. The zero-order chi connectivity index (χ0) is 11.0. The number of aromatic nitrogens is 2. The number of nitrogens with zero attached hydrogens (tertiary/aromatic N) is 2. The maximum absolute atomic E-state index is 5.24. The Morgan fingerprint density at radius 3 is 2.88 bits per heavy atom. The fourth-order valence-corrected chi connectivity index (χ4v) is 2.08. The molecule has 0 atom stereocenters. The average molecular weight is 279 g/mol. The summed E-state index contributed by atoms with van der Waals surface area (Å²) < 4.78 is 6.33. The summed E-state index contributed by atoms with van der Waals surface area (Å²) in [4.78, 5) is 4.41. The monoisotopic (exact) mass is 278 g/mol. The smallest absolute Gasteiger partial charge is 0.231 e. The van der Waals surface area contributed by atoms with E-state index in [9.17, 15) is 0 Å². The lowest BCUT2D eigenvalue weighted by Crippen LogP contribution is -1.90. The number of halogens is 1. The van der Waals surface area contributed by atoms with Crippen LogP contribution in [0.3, 0.4) is 0 Å². The van der Waals surface area contributed by atoms with Gasteiger partial charge in [0.1, 0.15) is 0 Å². The molecule has 0 radical (unpaired) electrons. The van der Waals surface area contributed by atoms with Gasteiger partial charge < -0.3 is 4.52 Å².